The maximum atomic E-state index is 11.0. The number of hydrogen-bond acceptors (Lipinski definition) is 3. The number of ether oxygens (including phenoxy) is 1. The van der Waals surface area contributed by atoms with Gasteiger partial charge < -0.3 is 10.5 Å². The van der Waals surface area contributed by atoms with Crippen molar-refractivity contribution in [3.63, 3.8) is 0 Å². The fraction of sp³-hybridized carbons (Fsp3) is 0.364. The molecule has 0 saturated heterocycles. The Morgan fingerprint density at radius 2 is 1.93 bits per heavy atom. The maximum Gasteiger partial charge on any atom is 0.183 e. The largest absolute Gasteiger partial charge is 0.485 e. The number of Topliss-reactive ketones (excluding diaryl/α,β-unsaturated/α-hetero) is 1. The Bertz CT molecular complexity index is 314. The summed E-state index contributed by atoms with van der Waals surface area (Å²) in [6.07, 6.45) is 0. The Balaban J connectivity index is 2.71. The van der Waals surface area contributed by atoms with Gasteiger partial charge in [0.2, 0.25) is 0 Å². The second-order valence-electron chi connectivity index (χ2n) is 3.25. The standard InChI is InChI=1S/C11H15NO2/c1-8-4-3-5-9(2)11(8)14-7-10(13)6-12/h3-5H,6-7,12H2,1-2H3. The quantitative estimate of drug-likeness (QED) is 0.782. The molecular formula is C11H15NO2. The lowest BCUT2D eigenvalue weighted by Crippen LogP contribution is -2.21. The van der Waals surface area contributed by atoms with Crippen molar-refractivity contribution in [1.29, 1.82) is 0 Å². The summed E-state index contributed by atoms with van der Waals surface area (Å²) in [6, 6.07) is 5.87. The van der Waals surface area contributed by atoms with E-state index in [1.807, 2.05) is 32.0 Å². The predicted octanol–water partition coefficient (Wildman–Crippen LogP) is 1.21. The molecule has 1 aromatic rings. The molecule has 0 spiro atoms. The summed E-state index contributed by atoms with van der Waals surface area (Å²) < 4.78 is 5.39. The SMILES string of the molecule is Cc1cccc(C)c1OCC(=O)CN. The van der Waals surface area contributed by atoms with Crippen molar-refractivity contribution in [3.05, 3.63) is 29.3 Å². The number of hydrogen-bond donors (Lipinski definition) is 1. The van der Waals surface area contributed by atoms with E-state index in [2.05, 4.69) is 0 Å². The van der Waals surface area contributed by atoms with Crippen LogP contribution in [0.3, 0.4) is 0 Å². The van der Waals surface area contributed by atoms with E-state index in [1.165, 1.54) is 0 Å². The van der Waals surface area contributed by atoms with Crippen LogP contribution in [0.15, 0.2) is 18.2 Å². The average Bonchev–Trinajstić information content (AvgIpc) is 2.16. The number of ketones is 1. The van der Waals surface area contributed by atoms with Crippen molar-refractivity contribution in [2.45, 2.75) is 13.8 Å². The Morgan fingerprint density at radius 3 is 2.43 bits per heavy atom. The minimum atomic E-state index is -0.0901. The highest BCUT2D eigenvalue weighted by atomic mass is 16.5. The third kappa shape index (κ3) is 2.57. The monoisotopic (exact) mass is 193 g/mol. The minimum Gasteiger partial charge on any atom is -0.485 e. The van der Waals surface area contributed by atoms with E-state index in [4.69, 9.17) is 10.5 Å². The van der Waals surface area contributed by atoms with Gasteiger partial charge in [-0.1, -0.05) is 18.2 Å². The molecular weight excluding hydrogens is 178 g/mol. The highest BCUT2D eigenvalue weighted by Gasteiger charge is 2.05. The lowest BCUT2D eigenvalue weighted by Gasteiger charge is -2.10. The summed E-state index contributed by atoms with van der Waals surface area (Å²) in [6.45, 7) is 4.00. The van der Waals surface area contributed by atoms with Crippen LogP contribution in [0.4, 0.5) is 0 Å². The molecule has 0 heterocycles. The fourth-order valence-electron chi connectivity index (χ4n) is 1.24. The number of carbonyl (C=O) groups excluding carboxylic acids is 1. The predicted molar refractivity (Wildman–Crippen MR) is 55.5 cm³/mol. The van der Waals surface area contributed by atoms with Crippen LogP contribution in [0.1, 0.15) is 11.1 Å². The van der Waals surface area contributed by atoms with Gasteiger partial charge in [0, 0.05) is 0 Å². The van der Waals surface area contributed by atoms with Crippen LogP contribution < -0.4 is 10.5 Å². The summed E-state index contributed by atoms with van der Waals surface area (Å²) in [7, 11) is 0. The first-order valence-electron chi connectivity index (χ1n) is 4.56. The molecule has 0 aliphatic heterocycles. The third-order valence-corrected chi connectivity index (χ3v) is 2.01. The number of nitrogens with two attached hydrogens (primary N) is 1. The van der Waals surface area contributed by atoms with Crippen molar-refractivity contribution >= 4 is 5.78 Å². The Hall–Kier alpha value is -1.35. The van der Waals surface area contributed by atoms with E-state index in [1.54, 1.807) is 0 Å². The van der Waals surface area contributed by atoms with E-state index in [0.29, 0.717) is 0 Å². The summed E-state index contributed by atoms with van der Waals surface area (Å²) in [5.74, 6) is 0.696. The topological polar surface area (TPSA) is 52.3 Å². The third-order valence-electron chi connectivity index (χ3n) is 2.01. The van der Waals surface area contributed by atoms with E-state index in [-0.39, 0.29) is 18.9 Å². The molecule has 0 amide bonds. The molecule has 0 unspecified atom stereocenters. The van der Waals surface area contributed by atoms with Gasteiger partial charge in [-0.05, 0) is 25.0 Å². The molecule has 0 aliphatic rings. The first kappa shape index (κ1) is 10.7. The van der Waals surface area contributed by atoms with Gasteiger partial charge in [0.15, 0.2) is 5.78 Å². The van der Waals surface area contributed by atoms with Gasteiger partial charge in [-0.25, -0.2) is 0 Å². The summed E-state index contributed by atoms with van der Waals surface area (Å²) in [5.41, 5.74) is 7.26. The first-order chi connectivity index (χ1) is 6.65. The van der Waals surface area contributed by atoms with Crippen LogP contribution >= 0.6 is 0 Å². The molecule has 1 aromatic carbocycles. The lowest BCUT2D eigenvalue weighted by molar-refractivity contribution is -0.119. The molecule has 0 radical (unpaired) electrons. The molecule has 3 heteroatoms. The summed E-state index contributed by atoms with van der Waals surface area (Å²) in [5, 5.41) is 0. The smallest absolute Gasteiger partial charge is 0.183 e. The number of carbonyl (C=O) groups is 1. The van der Waals surface area contributed by atoms with E-state index < -0.39 is 0 Å². The van der Waals surface area contributed by atoms with Gasteiger partial charge in [-0.15, -0.1) is 0 Å². The molecule has 2 N–H and O–H groups in total. The Labute approximate surface area is 83.9 Å². The number of aryl methyl sites for hydroxylation is 2. The van der Waals surface area contributed by atoms with Gasteiger partial charge in [0.1, 0.15) is 12.4 Å². The molecule has 0 fully saturated rings. The van der Waals surface area contributed by atoms with Crippen LogP contribution in [-0.2, 0) is 4.79 Å². The van der Waals surface area contributed by atoms with Gasteiger partial charge in [0.05, 0.1) is 6.54 Å². The van der Waals surface area contributed by atoms with Crippen LogP contribution in [0, 0.1) is 13.8 Å². The van der Waals surface area contributed by atoms with Crippen molar-refractivity contribution < 1.29 is 9.53 Å². The molecule has 0 bridgehead atoms. The van der Waals surface area contributed by atoms with Crippen molar-refractivity contribution in [1.82, 2.24) is 0 Å². The lowest BCUT2D eigenvalue weighted by atomic mass is 10.1. The summed E-state index contributed by atoms with van der Waals surface area (Å²) >= 11 is 0. The molecule has 3 nitrogen and oxygen atoms in total. The highest BCUT2D eigenvalue weighted by Crippen LogP contribution is 2.21. The van der Waals surface area contributed by atoms with Crippen LogP contribution in [0.2, 0.25) is 0 Å². The minimum absolute atomic E-state index is 0.0327. The summed E-state index contributed by atoms with van der Waals surface area (Å²) in [4.78, 5) is 11.0. The van der Waals surface area contributed by atoms with Crippen LogP contribution in [0.25, 0.3) is 0 Å². The normalized spacial score (nSPS) is 9.93. The van der Waals surface area contributed by atoms with Crippen molar-refractivity contribution in [3.8, 4) is 5.75 Å². The molecule has 1 rings (SSSR count). The van der Waals surface area contributed by atoms with Crippen LogP contribution in [0.5, 0.6) is 5.75 Å². The van der Waals surface area contributed by atoms with Gasteiger partial charge >= 0.3 is 0 Å². The zero-order valence-electron chi connectivity index (χ0n) is 8.54. The molecule has 0 saturated carbocycles. The molecule has 0 aromatic heterocycles. The average molecular weight is 193 g/mol. The van der Waals surface area contributed by atoms with Gasteiger partial charge in [0.25, 0.3) is 0 Å². The first-order valence-corrected chi connectivity index (χ1v) is 4.56. The highest BCUT2D eigenvalue weighted by molar-refractivity contribution is 5.81. The Kier molecular flexibility index (Phi) is 3.65. The second kappa shape index (κ2) is 4.77. The Morgan fingerprint density at radius 1 is 1.36 bits per heavy atom. The van der Waals surface area contributed by atoms with E-state index in [0.717, 1.165) is 16.9 Å². The van der Waals surface area contributed by atoms with E-state index in [9.17, 15) is 4.79 Å². The van der Waals surface area contributed by atoms with Crippen LogP contribution in [-0.4, -0.2) is 18.9 Å². The van der Waals surface area contributed by atoms with E-state index >= 15 is 0 Å². The van der Waals surface area contributed by atoms with Gasteiger partial charge in [-0.3, -0.25) is 4.79 Å². The fourth-order valence-corrected chi connectivity index (χ4v) is 1.24. The number of rotatable bonds is 4. The van der Waals surface area contributed by atoms with Crippen molar-refractivity contribution in [2.75, 3.05) is 13.2 Å². The number of benzene rings is 1. The zero-order valence-corrected chi connectivity index (χ0v) is 8.54. The van der Waals surface area contributed by atoms with Gasteiger partial charge in [-0.2, -0.15) is 0 Å². The van der Waals surface area contributed by atoms with Crippen molar-refractivity contribution in [2.24, 2.45) is 5.73 Å². The molecule has 0 aliphatic carbocycles. The molecule has 14 heavy (non-hydrogen) atoms. The maximum absolute atomic E-state index is 11.0. The second-order valence-corrected chi connectivity index (χ2v) is 3.25. The number of para-hydroxylation sites is 1. The molecule has 76 valence electrons. The zero-order chi connectivity index (χ0) is 10.6. The molecule has 0 atom stereocenters.